The smallest absolute Gasteiger partial charge is 0.261 e. The van der Waals surface area contributed by atoms with Crippen LogP contribution in [-0.4, -0.2) is 26.8 Å². The molecule has 0 spiro atoms. The highest BCUT2D eigenvalue weighted by Crippen LogP contribution is 2.22. The molecule has 2 aromatic carbocycles. The van der Waals surface area contributed by atoms with Crippen molar-refractivity contribution in [2.45, 2.75) is 31.5 Å². The Bertz CT molecular complexity index is 1020. The van der Waals surface area contributed by atoms with E-state index >= 15 is 0 Å². The Balaban J connectivity index is 1.96. The summed E-state index contributed by atoms with van der Waals surface area (Å²) >= 11 is 1.27. The van der Waals surface area contributed by atoms with Crippen molar-refractivity contribution in [2.24, 2.45) is 7.05 Å². The maximum absolute atomic E-state index is 12.7. The molecule has 0 radical (unpaired) electrons. The van der Waals surface area contributed by atoms with E-state index < -0.39 is 0 Å². The highest BCUT2D eigenvalue weighted by atomic mass is 32.2. The fraction of sp³-hybridized carbons (Fsp3) is 0.316. The van der Waals surface area contributed by atoms with Crippen LogP contribution in [0.25, 0.3) is 21.7 Å². The van der Waals surface area contributed by atoms with Gasteiger partial charge in [-0.25, -0.2) is 4.98 Å². The monoisotopic (exact) mass is 355 g/mol. The second-order valence-electron chi connectivity index (χ2n) is 7.06. The number of hydrogen-bond donors (Lipinski definition) is 1. The van der Waals surface area contributed by atoms with Gasteiger partial charge in [0.2, 0.25) is 5.91 Å². The van der Waals surface area contributed by atoms with Gasteiger partial charge in [0.25, 0.3) is 5.56 Å². The van der Waals surface area contributed by atoms with Gasteiger partial charge in [0, 0.05) is 12.6 Å². The summed E-state index contributed by atoms with van der Waals surface area (Å²) < 4.78 is 1.51. The van der Waals surface area contributed by atoms with Crippen molar-refractivity contribution in [2.75, 3.05) is 5.75 Å². The Morgan fingerprint density at radius 3 is 2.48 bits per heavy atom. The van der Waals surface area contributed by atoms with Crippen LogP contribution in [0.4, 0.5) is 0 Å². The molecule has 1 N–H and O–H groups in total. The molecule has 0 aliphatic rings. The largest absolute Gasteiger partial charge is 0.351 e. The molecular weight excluding hydrogens is 334 g/mol. The van der Waals surface area contributed by atoms with Crippen molar-refractivity contribution in [3.8, 4) is 0 Å². The maximum Gasteiger partial charge on any atom is 0.261 e. The van der Waals surface area contributed by atoms with Crippen molar-refractivity contribution in [3.63, 3.8) is 0 Å². The number of carbonyl (C=O) groups is 1. The summed E-state index contributed by atoms with van der Waals surface area (Å²) in [5.41, 5.74) is 0.272. The van der Waals surface area contributed by atoms with Crippen LogP contribution < -0.4 is 10.9 Å². The Morgan fingerprint density at radius 2 is 1.84 bits per heavy atom. The van der Waals surface area contributed by atoms with Crippen molar-refractivity contribution in [1.82, 2.24) is 14.9 Å². The topological polar surface area (TPSA) is 64.0 Å². The van der Waals surface area contributed by atoms with E-state index in [-0.39, 0.29) is 22.8 Å². The number of thioether (sulfide) groups is 1. The normalized spacial score (nSPS) is 11.8. The molecular formula is C19H21N3O2S. The van der Waals surface area contributed by atoms with Crippen LogP contribution in [0.15, 0.2) is 46.3 Å². The molecule has 0 unspecified atom stereocenters. The van der Waals surface area contributed by atoms with E-state index in [2.05, 4.69) is 10.3 Å². The number of fused-ring (bicyclic) bond motifs is 2. The first-order valence-electron chi connectivity index (χ1n) is 8.08. The minimum atomic E-state index is -0.279. The van der Waals surface area contributed by atoms with Gasteiger partial charge in [0.05, 0.1) is 16.7 Å². The second kappa shape index (κ2) is 6.52. The molecule has 0 saturated carbocycles. The van der Waals surface area contributed by atoms with Crippen LogP contribution in [0.5, 0.6) is 0 Å². The number of carbonyl (C=O) groups excluding carboxylic acids is 1. The fourth-order valence-corrected chi connectivity index (χ4v) is 3.42. The number of benzene rings is 2. The zero-order valence-corrected chi connectivity index (χ0v) is 15.6. The Hall–Kier alpha value is -2.34. The molecule has 0 saturated heterocycles. The standard InChI is InChI=1S/C19H21N3O2S/c1-19(2,3)21-16(23)11-25-18-20-15-10-13-8-6-5-7-12(13)9-14(15)17(24)22(18)4/h5-10H,11H2,1-4H3,(H,21,23). The Labute approximate surface area is 150 Å². The summed E-state index contributed by atoms with van der Waals surface area (Å²) in [5.74, 6) is 0.141. The summed E-state index contributed by atoms with van der Waals surface area (Å²) in [6, 6.07) is 11.7. The number of rotatable bonds is 3. The molecule has 0 atom stereocenters. The molecule has 6 heteroatoms. The average Bonchev–Trinajstić information content (AvgIpc) is 2.54. The molecule has 3 aromatic rings. The minimum Gasteiger partial charge on any atom is -0.351 e. The van der Waals surface area contributed by atoms with Gasteiger partial charge in [0.1, 0.15) is 0 Å². The summed E-state index contributed by atoms with van der Waals surface area (Å²) in [4.78, 5) is 29.3. The fourth-order valence-electron chi connectivity index (χ4n) is 2.65. The number of aromatic nitrogens is 2. The van der Waals surface area contributed by atoms with Gasteiger partial charge in [-0.3, -0.25) is 14.2 Å². The van der Waals surface area contributed by atoms with Crippen molar-refractivity contribution >= 4 is 39.3 Å². The van der Waals surface area contributed by atoms with E-state index in [0.29, 0.717) is 16.1 Å². The van der Waals surface area contributed by atoms with E-state index in [0.717, 1.165) is 10.8 Å². The van der Waals surface area contributed by atoms with Crippen LogP contribution in [-0.2, 0) is 11.8 Å². The van der Waals surface area contributed by atoms with Gasteiger partial charge >= 0.3 is 0 Å². The van der Waals surface area contributed by atoms with Crippen molar-refractivity contribution in [1.29, 1.82) is 0 Å². The van der Waals surface area contributed by atoms with E-state index in [1.807, 2.05) is 57.2 Å². The van der Waals surface area contributed by atoms with Crippen LogP contribution >= 0.6 is 11.8 Å². The van der Waals surface area contributed by atoms with Crippen molar-refractivity contribution < 1.29 is 4.79 Å². The van der Waals surface area contributed by atoms with Gasteiger partial charge in [-0.15, -0.1) is 0 Å². The molecule has 1 heterocycles. The zero-order valence-electron chi connectivity index (χ0n) is 14.8. The van der Waals surface area contributed by atoms with Crippen LogP contribution in [0.1, 0.15) is 20.8 Å². The quantitative estimate of drug-likeness (QED) is 0.445. The van der Waals surface area contributed by atoms with E-state index in [1.54, 1.807) is 7.05 Å². The van der Waals surface area contributed by atoms with Crippen molar-refractivity contribution in [3.05, 3.63) is 46.8 Å². The van der Waals surface area contributed by atoms with E-state index in [4.69, 9.17) is 0 Å². The number of hydrogen-bond acceptors (Lipinski definition) is 4. The highest BCUT2D eigenvalue weighted by molar-refractivity contribution is 7.99. The molecule has 0 aliphatic carbocycles. The lowest BCUT2D eigenvalue weighted by molar-refractivity contribution is -0.119. The molecule has 3 rings (SSSR count). The Morgan fingerprint density at radius 1 is 1.20 bits per heavy atom. The summed E-state index contributed by atoms with van der Waals surface area (Å²) in [6.07, 6.45) is 0. The van der Waals surface area contributed by atoms with Crippen LogP contribution in [0.2, 0.25) is 0 Å². The molecule has 0 bridgehead atoms. The third kappa shape index (κ3) is 3.85. The summed E-state index contributed by atoms with van der Waals surface area (Å²) in [5, 5.41) is 6.09. The molecule has 130 valence electrons. The highest BCUT2D eigenvalue weighted by Gasteiger charge is 2.16. The average molecular weight is 355 g/mol. The lowest BCUT2D eigenvalue weighted by Crippen LogP contribution is -2.41. The molecule has 1 amide bonds. The lowest BCUT2D eigenvalue weighted by atomic mass is 10.1. The van der Waals surface area contributed by atoms with Gasteiger partial charge in [0.15, 0.2) is 5.16 Å². The van der Waals surface area contributed by atoms with Gasteiger partial charge < -0.3 is 5.32 Å². The third-order valence-electron chi connectivity index (χ3n) is 3.75. The molecule has 25 heavy (non-hydrogen) atoms. The van der Waals surface area contributed by atoms with Gasteiger partial charge in [-0.2, -0.15) is 0 Å². The van der Waals surface area contributed by atoms with E-state index in [1.165, 1.54) is 16.3 Å². The lowest BCUT2D eigenvalue weighted by Gasteiger charge is -2.20. The number of amides is 1. The first kappa shape index (κ1) is 17.5. The van der Waals surface area contributed by atoms with E-state index in [9.17, 15) is 9.59 Å². The zero-order chi connectivity index (χ0) is 18.2. The van der Waals surface area contributed by atoms with Gasteiger partial charge in [-0.1, -0.05) is 36.0 Å². The first-order chi connectivity index (χ1) is 11.7. The minimum absolute atomic E-state index is 0.0784. The number of nitrogens with zero attached hydrogens (tertiary/aromatic N) is 2. The van der Waals surface area contributed by atoms with Crippen LogP contribution in [0.3, 0.4) is 0 Å². The number of nitrogens with one attached hydrogen (secondary N) is 1. The van der Waals surface area contributed by atoms with Gasteiger partial charge in [-0.05, 0) is 43.7 Å². The molecule has 5 nitrogen and oxygen atoms in total. The maximum atomic E-state index is 12.7. The summed E-state index contributed by atoms with van der Waals surface area (Å²) in [6.45, 7) is 5.81. The molecule has 1 aromatic heterocycles. The predicted octanol–water partition coefficient (Wildman–Crippen LogP) is 3.09. The Kier molecular flexibility index (Phi) is 4.56. The first-order valence-corrected chi connectivity index (χ1v) is 9.06. The third-order valence-corrected chi connectivity index (χ3v) is 4.78. The summed E-state index contributed by atoms with van der Waals surface area (Å²) in [7, 11) is 1.69. The predicted molar refractivity (Wildman–Crippen MR) is 103 cm³/mol. The SMILES string of the molecule is Cn1c(SCC(=O)NC(C)(C)C)nc2cc3ccccc3cc2c1=O. The van der Waals surface area contributed by atoms with Crippen LogP contribution in [0, 0.1) is 0 Å². The second-order valence-corrected chi connectivity index (χ2v) is 8.00. The molecule has 0 aliphatic heterocycles. The molecule has 0 fully saturated rings.